The van der Waals surface area contributed by atoms with E-state index in [0.29, 0.717) is 17.7 Å². The summed E-state index contributed by atoms with van der Waals surface area (Å²) in [7, 11) is 0. The lowest BCUT2D eigenvalue weighted by Gasteiger charge is -2.32. The van der Waals surface area contributed by atoms with Crippen LogP contribution in [0.3, 0.4) is 0 Å². The Hall–Kier alpha value is -2.66. The zero-order valence-electron chi connectivity index (χ0n) is 21.7. The molecule has 2 unspecified atom stereocenters. The van der Waals surface area contributed by atoms with Crippen molar-refractivity contribution in [1.29, 1.82) is 0 Å². The van der Waals surface area contributed by atoms with Crippen LogP contribution in [0.25, 0.3) is 0 Å². The number of hydrogen-bond donors (Lipinski definition) is 2. The maximum Gasteiger partial charge on any atom is 0.408 e. The number of rotatable bonds is 9. The van der Waals surface area contributed by atoms with Gasteiger partial charge in [-0.2, -0.15) is 11.8 Å². The lowest BCUT2D eigenvalue weighted by Crippen LogP contribution is -2.53. The van der Waals surface area contributed by atoms with E-state index in [2.05, 4.69) is 16.7 Å². The Morgan fingerprint density at radius 2 is 1.71 bits per heavy atom. The Kier molecular flexibility index (Phi) is 11.0. The molecule has 188 valence electrons. The van der Waals surface area contributed by atoms with Crippen LogP contribution in [0.1, 0.15) is 72.1 Å². The van der Waals surface area contributed by atoms with Crippen molar-refractivity contribution in [3.63, 3.8) is 0 Å². The van der Waals surface area contributed by atoms with Gasteiger partial charge in [-0.05, 0) is 77.5 Å². The molecule has 0 fully saturated rings. The molecule has 0 saturated carbocycles. The van der Waals surface area contributed by atoms with E-state index in [0.717, 1.165) is 16.9 Å². The zero-order valence-corrected chi connectivity index (χ0v) is 22.5. The number of nitrogens with one attached hydrogen (secondary N) is 2. The summed E-state index contributed by atoms with van der Waals surface area (Å²) in [5.74, 6) is -0.339. The Balaban J connectivity index is 3.37. The van der Waals surface area contributed by atoms with Gasteiger partial charge in [-0.25, -0.2) is 4.79 Å². The number of thioether (sulfide) groups is 1. The van der Waals surface area contributed by atoms with Crippen molar-refractivity contribution in [3.05, 3.63) is 35.4 Å². The lowest BCUT2D eigenvalue weighted by molar-refractivity contribution is -0.139. The van der Waals surface area contributed by atoms with E-state index >= 15 is 0 Å². The van der Waals surface area contributed by atoms with Crippen LogP contribution in [0, 0.1) is 12.5 Å². The third-order valence-electron chi connectivity index (χ3n) is 4.68. The number of alkyl carbamates (subject to hydrolysis) is 1. The number of aryl methyl sites for hydroxylation is 1. The lowest BCUT2D eigenvalue weighted by atomic mass is 9.99. The minimum atomic E-state index is -1.06. The molecule has 0 aliphatic heterocycles. The fourth-order valence-corrected chi connectivity index (χ4v) is 3.64. The van der Waals surface area contributed by atoms with Crippen LogP contribution in [-0.2, 0) is 20.7 Å². The molecular formula is C26H39N3O4S. The maximum atomic E-state index is 13.6. The van der Waals surface area contributed by atoms with Crippen molar-refractivity contribution >= 4 is 29.7 Å². The highest BCUT2D eigenvalue weighted by Crippen LogP contribution is 2.24. The molecule has 0 aliphatic carbocycles. The molecule has 0 heterocycles. The number of carbonyl (C=O) groups excluding carboxylic acids is 3. The van der Waals surface area contributed by atoms with Crippen LogP contribution >= 0.6 is 11.8 Å². The normalized spacial score (nSPS) is 13.3. The quantitative estimate of drug-likeness (QED) is 0.400. The largest absolute Gasteiger partial charge is 0.444 e. The van der Waals surface area contributed by atoms with Crippen molar-refractivity contribution in [2.75, 3.05) is 12.0 Å². The van der Waals surface area contributed by atoms with Gasteiger partial charge in [0.25, 0.3) is 5.91 Å². The monoisotopic (exact) mass is 489 g/mol. The molecule has 7 nitrogen and oxygen atoms in total. The molecule has 0 saturated heterocycles. The van der Waals surface area contributed by atoms with Crippen molar-refractivity contribution in [2.45, 2.75) is 84.5 Å². The summed E-state index contributed by atoms with van der Waals surface area (Å²) in [4.78, 5) is 40.5. The molecule has 0 aliphatic rings. The molecule has 0 bridgehead atoms. The van der Waals surface area contributed by atoms with Gasteiger partial charge in [-0.1, -0.05) is 37.6 Å². The summed E-state index contributed by atoms with van der Waals surface area (Å²) >= 11 is 1.54. The van der Waals surface area contributed by atoms with E-state index in [1.807, 2.05) is 58.2 Å². The fraction of sp³-hybridized carbons (Fsp3) is 0.577. The molecule has 0 radical (unpaired) electrons. The third-order valence-corrected chi connectivity index (χ3v) is 5.33. The van der Waals surface area contributed by atoms with Crippen LogP contribution in [0.15, 0.2) is 24.3 Å². The SMILES string of the molecule is C#CN(C(=O)C(CCSC)NC(=O)OC(C)(C)C)C(C(=O)NC(C)(C)C)c1ccc(CC)cc1. The predicted octanol–water partition coefficient (Wildman–Crippen LogP) is 4.27. The highest BCUT2D eigenvalue weighted by molar-refractivity contribution is 7.98. The molecule has 0 spiro atoms. The van der Waals surface area contributed by atoms with E-state index in [9.17, 15) is 14.4 Å². The average Bonchev–Trinajstić information content (AvgIpc) is 2.71. The first-order valence-corrected chi connectivity index (χ1v) is 12.8. The minimum Gasteiger partial charge on any atom is -0.444 e. The van der Waals surface area contributed by atoms with Crippen molar-refractivity contribution in [1.82, 2.24) is 15.5 Å². The van der Waals surface area contributed by atoms with Gasteiger partial charge in [0.2, 0.25) is 5.91 Å². The first kappa shape index (κ1) is 29.4. The van der Waals surface area contributed by atoms with Gasteiger partial charge in [0.15, 0.2) is 0 Å². The predicted molar refractivity (Wildman–Crippen MR) is 138 cm³/mol. The molecule has 2 atom stereocenters. The van der Waals surface area contributed by atoms with Crippen molar-refractivity contribution in [3.8, 4) is 12.5 Å². The molecule has 2 N–H and O–H groups in total. The maximum absolute atomic E-state index is 13.6. The summed E-state index contributed by atoms with van der Waals surface area (Å²) in [6.45, 7) is 12.8. The van der Waals surface area contributed by atoms with Gasteiger partial charge in [0.05, 0.1) is 0 Å². The van der Waals surface area contributed by atoms with Crippen LogP contribution < -0.4 is 10.6 Å². The Morgan fingerprint density at radius 1 is 1.12 bits per heavy atom. The summed E-state index contributed by atoms with van der Waals surface area (Å²) in [6.07, 6.45) is 8.16. The smallest absolute Gasteiger partial charge is 0.408 e. The summed E-state index contributed by atoms with van der Waals surface area (Å²) in [5.41, 5.74) is 0.432. The van der Waals surface area contributed by atoms with Crippen LogP contribution in [0.4, 0.5) is 4.79 Å². The summed E-state index contributed by atoms with van der Waals surface area (Å²) in [5, 5.41) is 5.57. The van der Waals surface area contributed by atoms with Gasteiger partial charge >= 0.3 is 6.09 Å². The van der Waals surface area contributed by atoms with E-state index in [-0.39, 0.29) is 0 Å². The molecular weight excluding hydrogens is 450 g/mol. The average molecular weight is 490 g/mol. The van der Waals surface area contributed by atoms with Crippen LogP contribution in [0.2, 0.25) is 0 Å². The highest BCUT2D eigenvalue weighted by Gasteiger charge is 2.36. The standard InChI is InChI=1S/C26H39N3O4S/c1-10-18-12-14-19(15-13-18)21(22(30)28-25(3,4)5)29(11-2)23(31)20(16-17-34-9)27-24(32)33-26(6,7)8/h2,12-15,20-21H,10,16-17H2,1,3-9H3,(H,27,32)(H,28,30). The van der Waals surface area contributed by atoms with Crippen LogP contribution in [0.5, 0.6) is 0 Å². The molecule has 8 heteroatoms. The Labute approximate surface area is 208 Å². The number of carbonyl (C=O) groups is 3. The summed E-state index contributed by atoms with van der Waals surface area (Å²) < 4.78 is 5.34. The number of hydrogen-bond acceptors (Lipinski definition) is 5. The van der Waals surface area contributed by atoms with E-state index < -0.39 is 41.1 Å². The number of nitrogens with zero attached hydrogens (tertiary/aromatic N) is 1. The highest BCUT2D eigenvalue weighted by atomic mass is 32.2. The topological polar surface area (TPSA) is 87.7 Å². The third kappa shape index (κ3) is 9.68. The van der Waals surface area contributed by atoms with Crippen LogP contribution in [-0.4, -0.2) is 52.0 Å². The Bertz CT molecular complexity index is 879. The van der Waals surface area contributed by atoms with Crippen molar-refractivity contribution in [2.24, 2.45) is 0 Å². The molecule has 1 aromatic carbocycles. The molecule has 3 amide bonds. The van der Waals surface area contributed by atoms with Crippen molar-refractivity contribution < 1.29 is 19.1 Å². The second kappa shape index (κ2) is 12.7. The fourth-order valence-electron chi connectivity index (χ4n) is 3.17. The first-order chi connectivity index (χ1) is 15.7. The Morgan fingerprint density at radius 3 is 2.15 bits per heavy atom. The zero-order chi connectivity index (χ0) is 26.1. The number of benzene rings is 1. The molecule has 0 aromatic heterocycles. The molecule has 1 rings (SSSR count). The second-order valence-electron chi connectivity index (χ2n) is 10.1. The van der Waals surface area contributed by atoms with E-state index in [1.165, 1.54) is 11.8 Å². The van der Waals surface area contributed by atoms with Gasteiger partial charge < -0.3 is 15.4 Å². The number of amides is 3. The van der Waals surface area contributed by atoms with Gasteiger partial charge in [-0.3, -0.25) is 14.5 Å². The van der Waals surface area contributed by atoms with Gasteiger partial charge in [0, 0.05) is 11.6 Å². The number of ether oxygens (including phenoxy) is 1. The molecule has 34 heavy (non-hydrogen) atoms. The second-order valence-corrected chi connectivity index (χ2v) is 11.0. The minimum absolute atomic E-state index is 0.333. The van der Waals surface area contributed by atoms with Gasteiger partial charge in [-0.15, -0.1) is 0 Å². The van der Waals surface area contributed by atoms with Gasteiger partial charge in [0.1, 0.15) is 17.7 Å². The van der Waals surface area contributed by atoms with E-state index in [4.69, 9.17) is 11.2 Å². The van der Waals surface area contributed by atoms with E-state index in [1.54, 1.807) is 20.8 Å². The molecule has 1 aromatic rings. The first-order valence-electron chi connectivity index (χ1n) is 11.4. The number of terminal acetylenes is 1. The summed E-state index contributed by atoms with van der Waals surface area (Å²) in [6, 6.07) is 7.84.